The summed E-state index contributed by atoms with van der Waals surface area (Å²) in [6.07, 6.45) is 1.02. The van der Waals surface area contributed by atoms with E-state index < -0.39 is 23.5 Å². The van der Waals surface area contributed by atoms with Crippen molar-refractivity contribution in [2.24, 2.45) is 5.73 Å². The molecule has 2 rings (SSSR count). The van der Waals surface area contributed by atoms with Gasteiger partial charge in [0.05, 0.1) is 17.4 Å². The molecule has 1 aromatic carbocycles. The summed E-state index contributed by atoms with van der Waals surface area (Å²) in [6, 6.07) is 6.75. The smallest absolute Gasteiger partial charge is 0.253 e. The van der Waals surface area contributed by atoms with E-state index in [1.807, 2.05) is 20.8 Å². The van der Waals surface area contributed by atoms with Crippen LogP contribution in [-0.2, 0) is 12.8 Å². The van der Waals surface area contributed by atoms with Gasteiger partial charge in [0.2, 0.25) is 0 Å². The molecule has 0 saturated carbocycles. The minimum atomic E-state index is -0.942. The Bertz CT molecular complexity index is 808. The highest BCUT2D eigenvalue weighted by Gasteiger charge is 2.23. The molecule has 5 nitrogen and oxygen atoms in total. The lowest BCUT2D eigenvalue weighted by Crippen LogP contribution is -2.42. The van der Waals surface area contributed by atoms with E-state index in [1.54, 1.807) is 24.4 Å². The zero-order valence-corrected chi connectivity index (χ0v) is 16.4. The summed E-state index contributed by atoms with van der Waals surface area (Å²) in [5.41, 5.74) is 7.23. The van der Waals surface area contributed by atoms with Crippen LogP contribution in [0.3, 0.4) is 0 Å². The number of hydrogen-bond donors (Lipinski definition) is 3. The second-order valence-corrected chi connectivity index (χ2v) is 7.98. The van der Waals surface area contributed by atoms with Crippen LogP contribution in [0.25, 0.3) is 0 Å². The summed E-state index contributed by atoms with van der Waals surface area (Å²) in [4.78, 5) is 16.7. The first-order chi connectivity index (χ1) is 12.6. The Labute approximate surface area is 163 Å². The van der Waals surface area contributed by atoms with E-state index in [0.717, 1.165) is 0 Å². The van der Waals surface area contributed by atoms with Crippen LogP contribution in [0.15, 0.2) is 36.5 Å². The Morgan fingerprint density at radius 1 is 1.33 bits per heavy atom. The van der Waals surface area contributed by atoms with Crippen LogP contribution >= 0.6 is 11.6 Å². The molecule has 27 heavy (non-hydrogen) atoms. The fourth-order valence-electron chi connectivity index (χ4n) is 2.64. The number of aromatic nitrogens is 1. The molecule has 2 unspecified atom stereocenters. The molecule has 0 spiro atoms. The van der Waals surface area contributed by atoms with Gasteiger partial charge in [-0.1, -0.05) is 17.7 Å². The number of hydrogen-bond acceptors (Lipinski definition) is 4. The van der Waals surface area contributed by atoms with Crippen LogP contribution in [0.1, 0.15) is 42.4 Å². The van der Waals surface area contributed by atoms with Crippen molar-refractivity contribution in [2.45, 2.75) is 51.3 Å². The number of carbonyl (C=O) groups excluding carboxylic acids is 1. The first-order valence-corrected chi connectivity index (χ1v) is 9.08. The summed E-state index contributed by atoms with van der Waals surface area (Å²) in [6.45, 7) is 5.66. The topological polar surface area (TPSA) is 88.2 Å². The molecule has 1 aromatic heterocycles. The molecule has 0 radical (unpaired) electrons. The van der Waals surface area contributed by atoms with Crippen molar-refractivity contribution in [1.82, 2.24) is 10.3 Å². The van der Waals surface area contributed by atoms with Gasteiger partial charge in [-0.05, 0) is 57.0 Å². The number of amides is 1. The average Bonchev–Trinajstić information content (AvgIpc) is 2.56. The first-order valence-electron chi connectivity index (χ1n) is 8.71. The van der Waals surface area contributed by atoms with Crippen LogP contribution < -0.4 is 11.1 Å². The highest BCUT2D eigenvalue weighted by Crippen LogP contribution is 2.20. The fraction of sp³-hybridized carbons (Fsp3) is 0.400. The maximum Gasteiger partial charge on any atom is 0.253 e. The number of nitrogens with one attached hydrogen (secondary N) is 1. The second-order valence-electron chi connectivity index (χ2n) is 7.58. The number of benzene rings is 1. The van der Waals surface area contributed by atoms with Gasteiger partial charge in [0.1, 0.15) is 5.82 Å². The van der Waals surface area contributed by atoms with Gasteiger partial charge in [-0.2, -0.15) is 0 Å². The van der Waals surface area contributed by atoms with Gasteiger partial charge in [-0.25, -0.2) is 4.39 Å². The monoisotopic (exact) mass is 393 g/mol. The highest BCUT2D eigenvalue weighted by atomic mass is 35.5. The van der Waals surface area contributed by atoms with Crippen molar-refractivity contribution in [1.29, 1.82) is 0 Å². The van der Waals surface area contributed by atoms with Gasteiger partial charge in [0.25, 0.3) is 5.91 Å². The summed E-state index contributed by atoms with van der Waals surface area (Å²) in [5.74, 6) is -0.686. The molecule has 2 atom stereocenters. The molecule has 0 aliphatic carbocycles. The SMILES string of the molecule is CC(C)(C)NC(=O)c1cccnc1CC(O)C(N)Cc1ccc(F)cc1Cl. The normalized spacial score (nSPS) is 13.9. The van der Waals surface area contributed by atoms with Crippen molar-refractivity contribution in [2.75, 3.05) is 0 Å². The number of carbonyl (C=O) groups is 1. The zero-order valence-electron chi connectivity index (χ0n) is 15.7. The van der Waals surface area contributed by atoms with E-state index in [1.165, 1.54) is 12.1 Å². The highest BCUT2D eigenvalue weighted by molar-refractivity contribution is 6.31. The lowest BCUT2D eigenvalue weighted by molar-refractivity contribution is 0.0916. The third-order valence-electron chi connectivity index (χ3n) is 3.99. The molecule has 2 aromatic rings. The van der Waals surface area contributed by atoms with E-state index in [0.29, 0.717) is 16.8 Å². The van der Waals surface area contributed by atoms with Crippen LogP contribution in [-0.4, -0.2) is 33.7 Å². The number of aliphatic hydroxyl groups excluding tert-OH is 1. The van der Waals surface area contributed by atoms with Crippen molar-refractivity contribution in [3.63, 3.8) is 0 Å². The molecular weight excluding hydrogens is 369 g/mol. The quantitative estimate of drug-likeness (QED) is 0.704. The van der Waals surface area contributed by atoms with Gasteiger partial charge >= 0.3 is 0 Å². The van der Waals surface area contributed by atoms with Crippen molar-refractivity contribution in [3.05, 3.63) is 64.2 Å². The molecule has 0 aliphatic heterocycles. The predicted molar refractivity (Wildman–Crippen MR) is 104 cm³/mol. The Morgan fingerprint density at radius 3 is 2.67 bits per heavy atom. The van der Waals surface area contributed by atoms with E-state index in [-0.39, 0.29) is 23.8 Å². The van der Waals surface area contributed by atoms with Crippen molar-refractivity contribution >= 4 is 17.5 Å². The fourth-order valence-corrected chi connectivity index (χ4v) is 2.89. The Balaban J connectivity index is 2.11. The number of aliphatic hydroxyl groups is 1. The molecule has 1 amide bonds. The molecule has 1 heterocycles. The van der Waals surface area contributed by atoms with Gasteiger partial charge in [0.15, 0.2) is 0 Å². The Hall–Kier alpha value is -2.02. The number of pyridine rings is 1. The van der Waals surface area contributed by atoms with Crippen LogP contribution in [0.4, 0.5) is 4.39 Å². The van der Waals surface area contributed by atoms with Gasteiger partial charge < -0.3 is 16.2 Å². The molecule has 0 fully saturated rings. The number of rotatable bonds is 6. The minimum Gasteiger partial charge on any atom is -0.391 e. The maximum absolute atomic E-state index is 13.2. The first kappa shape index (κ1) is 21.3. The molecule has 146 valence electrons. The van der Waals surface area contributed by atoms with Crippen LogP contribution in [0.5, 0.6) is 0 Å². The standard InChI is InChI=1S/C20H25ClFN3O2/c1-20(2,3)25-19(27)14-5-4-8-24-17(14)11-18(26)16(23)9-12-6-7-13(22)10-15(12)21/h4-8,10,16,18,26H,9,11,23H2,1-3H3,(H,25,27). The number of nitrogens with zero attached hydrogens (tertiary/aromatic N) is 1. The van der Waals surface area contributed by atoms with Gasteiger partial charge in [-0.3, -0.25) is 9.78 Å². The van der Waals surface area contributed by atoms with E-state index in [4.69, 9.17) is 17.3 Å². The largest absolute Gasteiger partial charge is 0.391 e. The minimum absolute atomic E-state index is 0.119. The molecule has 7 heteroatoms. The van der Waals surface area contributed by atoms with Crippen LogP contribution in [0, 0.1) is 5.82 Å². The summed E-state index contributed by atoms with van der Waals surface area (Å²) in [5, 5.41) is 13.7. The maximum atomic E-state index is 13.2. The van der Waals surface area contributed by atoms with Crippen molar-refractivity contribution < 1.29 is 14.3 Å². The number of halogens is 2. The zero-order chi connectivity index (χ0) is 20.2. The van der Waals surface area contributed by atoms with Crippen molar-refractivity contribution in [3.8, 4) is 0 Å². The molecular formula is C20H25ClFN3O2. The molecule has 0 saturated heterocycles. The lowest BCUT2D eigenvalue weighted by atomic mass is 9.97. The van der Waals surface area contributed by atoms with Gasteiger partial charge in [-0.15, -0.1) is 0 Å². The average molecular weight is 394 g/mol. The summed E-state index contributed by atoms with van der Waals surface area (Å²) < 4.78 is 13.2. The third kappa shape index (κ3) is 6.27. The third-order valence-corrected chi connectivity index (χ3v) is 4.34. The van der Waals surface area contributed by atoms with E-state index in [9.17, 15) is 14.3 Å². The summed E-state index contributed by atoms with van der Waals surface area (Å²) in [7, 11) is 0. The van der Waals surface area contributed by atoms with E-state index >= 15 is 0 Å². The predicted octanol–water partition coefficient (Wildman–Crippen LogP) is 2.88. The Kier molecular flexibility index (Phi) is 6.92. The molecule has 0 aliphatic rings. The van der Waals surface area contributed by atoms with Gasteiger partial charge in [0, 0.05) is 29.2 Å². The second kappa shape index (κ2) is 8.78. The van der Waals surface area contributed by atoms with Crippen LogP contribution in [0.2, 0.25) is 5.02 Å². The summed E-state index contributed by atoms with van der Waals surface area (Å²) >= 11 is 6.02. The molecule has 0 bridgehead atoms. The molecule has 4 N–H and O–H groups in total. The Morgan fingerprint density at radius 2 is 2.04 bits per heavy atom. The number of nitrogens with two attached hydrogens (primary N) is 1. The lowest BCUT2D eigenvalue weighted by Gasteiger charge is -2.23. The van der Waals surface area contributed by atoms with E-state index in [2.05, 4.69) is 10.3 Å².